The Morgan fingerprint density at radius 1 is 1.47 bits per heavy atom. The molecule has 17 heavy (non-hydrogen) atoms. The molecular formula is C12H22N2O2S. The van der Waals surface area contributed by atoms with Gasteiger partial charge in [-0.15, -0.1) is 0 Å². The molecule has 0 aromatic carbocycles. The first-order valence-corrected chi connectivity index (χ1v) is 8.22. The van der Waals surface area contributed by atoms with E-state index in [9.17, 15) is 9.00 Å². The van der Waals surface area contributed by atoms with E-state index in [4.69, 9.17) is 0 Å². The van der Waals surface area contributed by atoms with Crippen LogP contribution in [-0.4, -0.2) is 41.3 Å². The third kappa shape index (κ3) is 3.28. The van der Waals surface area contributed by atoms with Crippen molar-refractivity contribution < 1.29 is 9.00 Å². The van der Waals surface area contributed by atoms with Gasteiger partial charge in [0, 0.05) is 29.4 Å². The predicted molar refractivity (Wildman–Crippen MR) is 69.2 cm³/mol. The van der Waals surface area contributed by atoms with E-state index in [1.807, 2.05) is 0 Å². The summed E-state index contributed by atoms with van der Waals surface area (Å²) < 4.78 is 10.9. The first-order valence-electron chi connectivity index (χ1n) is 6.49. The quantitative estimate of drug-likeness (QED) is 0.696. The van der Waals surface area contributed by atoms with E-state index in [1.165, 1.54) is 19.3 Å². The molecule has 5 heteroatoms. The van der Waals surface area contributed by atoms with Crippen LogP contribution in [0.15, 0.2) is 0 Å². The Hall–Kier alpha value is -0.420. The summed E-state index contributed by atoms with van der Waals surface area (Å²) in [6.07, 6.45) is 6.24. The lowest BCUT2D eigenvalue weighted by Crippen LogP contribution is -2.44. The van der Waals surface area contributed by atoms with Gasteiger partial charge in [0.15, 0.2) is 0 Å². The number of amides is 1. The van der Waals surface area contributed by atoms with E-state index in [1.54, 1.807) is 6.26 Å². The molecule has 0 aromatic heterocycles. The molecule has 4 unspecified atom stereocenters. The largest absolute Gasteiger partial charge is 0.355 e. The zero-order valence-corrected chi connectivity index (χ0v) is 11.2. The standard InChI is InChI=1S/C12H22N2O2S/c1-17(16)7-3-6-13-12(15)11-10-5-2-4-9(10)8-14-11/h9-11,14H,2-8H2,1H3,(H,13,15). The summed E-state index contributed by atoms with van der Waals surface area (Å²) in [5.41, 5.74) is 0. The summed E-state index contributed by atoms with van der Waals surface area (Å²) in [7, 11) is -0.753. The lowest BCUT2D eigenvalue weighted by Gasteiger charge is -2.17. The molecule has 0 spiro atoms. The highest BCUT2D eigenvalue weighted by atomic mass is 32.2. The molecule has 1 saturated heterocycles. The molecule has 2 fully saturated rings. The van der Waals surface area contributed by atoms with Gasteiger partial charge in [0.25, 0.3) is 0 Å². The van der Waals surface area contributed by atoms with Gasteiger partial charge in [0.2, 0.25) is 5.91 Å². The maximum atomic E-state index is 12.0. The van der Waals surface area contributed by atoms with E-state index >= 15 is 0 Å². The highest BCUT2D eigenvalue weighted by Gasteiger charge is 2.42. The molecule has 0 bridgehead atoms. The van der Waals surface area contributed by atoms with Crippen LogP contribution < -0.4 is 10.6 Å². The molecule has 1 heterocycles. The van der Waals surface area contributed by atoms with Crippen LogP contribution in [0.25, 0.3) is 0 Å². The van der Waals surface area contributed by atoms with Gasteiger partial charge < -0.3 is 10.6 Å². The van der Waals surface area contributed by atoms with Crippen LogP contribution in [0.3, 0.4) is 0 Å². The van der Waals surface area contributed by atoms with Crippen molar-refractivity contribution in [1.82, 2.24) is 10.6 Å². The van der Waals surface area contributed by atoms with Crippen LogP contribution in [0.5, 0.6) is 0 Å². The lowest BCUT2D eigenvalue weighted by atomic mass is 9.94. The SMILES string of the molecule is CS(=O)CCCNC(=O)C1NCC2CCCC21. The maximum Gasteiger partial charge on any atom is 0.237 e. The third-order valence-corrected chi connectivity index (χ3v) is 4.80. The molecule has 98 valence electrons. The molecule has 2 N–H and O–H groups in total. The van der Waals surface area contributed by atoms with Gasteiger partial charge in [0.05, 0.1) is 6.04 Å². The van der Waals surface area contributed by atoms with Crippen LogP contribution in [0, 0.1) is 11.8 Å². The molecule has 0 aromatic rings. The van der Waals surface area contributed by atoms with Gasteiger partial charge in [-0.1, -0.05) is 6.42 Å². The highest BCUT2D eigenvalue weighted by molar-refractivity contribution is 7.84. The van der Waals surface area contributed by atoms with Gasteiger partial charge in [-0.3, -0.25) is 9.00 Å². The topological polar surface area (TPSA) is 58.2 Å². The van der Waals surface area contributed by atoms with E-state index in [0.717, 1.165) is 13.0 Å². The average Bonchev–Trinajstić information content (AvgIpc) is 2.85. The van der Waals surface area contributed by atoms with Crippen molar-refractivity contribution in [1.29, 1.82) is 0 Å². The summed E-state index contributed by atoms with van der Waals surface area (Å²) >= 11 is 0. The van der Waals surface area contributed by atoms with Gasteiger partial charge in [0.1, 0.15) is 0 Å². The number of hydrogen-bond acceptors (Lipinski definition) is 3. The molecule has 1 saturated carbocycles. The number of carbonyl (C=O) groups excluding carboxylic acids is 1. The monoisotopic (exact) mass is 258 g/mol. The highest BCUT2D eigenvalue weighted by Crippen LogP contribution is 2.37. The van der Waals surface area contributed by atoms with Crippen LogP contribution >= 0.6 is 0 Å². The van der Waals surface area contributed by atoms with Gasteiger partial charge in [-0.05, 0) is 37.6 Å². The van der Waals surface area contributed by atoms with E-state index < -0.39 is 10.8 Å². The fourth-order valence-corrected chi connectivity index (χ4v) is 3.62. The van der Waals surface area contributed by atoms with Crippen molar-refractivity contribution in [2.24, 2.45) is 11.8 Å². The number of nitrogens with one attached hydrogen (secondary N) is 2. The van der Waals surface area contributed by atoms with Gasteiger partial charge in [-0.25, -0.2) is 0 Å². The van der Waals surface area contributed by atoms with Crippen molar-refractivity contribution in [3.8, 4) is 0 Å². The van der Waals surface area contributed by atoms with E-state index in [2.05, 4.69) is 10.6 Å². The minimum absolute atomic E-state index is 0.0228. The number of hydrogen-bond donors (Lipinski definition) is 2. The zero-order chi connectivity index (χ0) is 12.3. The molecular weight excluding hydrogens is 236 g/mol. The molecule has 4 atom stereocenters. The molecule has 4 nitrogen and oxygen atoms in total. The Kier molecular flexibility index (Phi) is 4.56. The van der Waals surface area contributed by atoms with Crippen molar-refractivity contribution >= 4 is 16.7 Å². The second kappa shape index (κ2) is 5.96. The summed E-state index contributed by atoms with van der Waals surface area (Å²) in [6, 6.07) is 0.0228. The Morgan fingerprint density at radius 3 is 3.06 bits per heavy atom. The first-order chi connectivity index (χ1) is 8.18. The second-order valence-electron chi connectivity index (χ2n) is 5.16. The summed E-state index contributed by atoms with van der Waals surface area (Å²) in [4.78, 5) is 12.0. The van der Waals surface area contributed by atoms with Crippen molar-refractivity contribution in [3.63, 3.8) is 0 Å². The van der Waals surface area contributed by atoms with Crippen LogP contribution in [0.1, 0.15) is 25.7 Å². The molecule has 1 amide bonds. The van der Waals surface area contributed by atoms with E-state index in [-0.39, 0.29) is 11.9 Å². The molecule has 2 rings (SSSR count). The fraction of sp³-hybridized carbons (Fsp3) is 0.917. The molecule has 0 radical (unpaired) electrons. The van der Waals surface area contributed by atoms with Gasteiger partial charge in [-0.2, -0.15) is 0 Å². The maximum absolute atomic E-state index is 12.0. The van der Waals surface area contributed by atoms with Crippen LogP contribution in [0.2, 0.25) is 0 Å². The zero-order valence-electron chi connectivity index (χ0n) is 10.4. The lowest BCUT2D eigenvalue weighted by molar-refractivity contribution is -0.123. The Bertz CT molecular complexity index is 309. The van der Waals surface area contributed by atoms with Gasteiger partial charge >= 0.3 is 0 Å². The van der Waals surface area contributed by atoms with Crippen molar-refractivity contribution in [2.75, 3.05) is 25.1 Å². The van der Waals surface area contributed by atoms with Crippen LogP contribution in [0.4, 0.5) is 0 Å². The minimum Gasteiger partial charge on any atom is -0.355 e. The van der Waals surface area contributed by atoms with E-state index in [0.29, 0.717) is 24.1 Å². The summed E-state index contributed by atoms with van der Waals surface area (Å²) in [5.74, 6) is 2.08. The third-order valence-electron chi connectivity index (χ3n) is 3.94. The fourth-order valence-electron chi connectivity index (χ4n) is 3.07. The number of carbonyl (C=O) groups is 1. The normalized spacial score (nSPS) is 33.4. The molecule has 2 aliphatic rings. The molecule has 1 aliphatic carbocycles. The van der Waals surface area contributed by atoms with Crippen molar-refractivity contribution in [3.05, 3.63) is 0 Å². The first kappa shape index (κ1) is 13.0. The Morgan fingerprint density at radius 2 is 2.29 bits per heavy atom. The summed E-state index contributed by atoms with van der Waals surface area (Å²) in [6.45, 7) is 1.65. The second-order valence-corrected chi connectivity index (χ2v) is 6.72. The Balaban J connectivity index is 1.71. The predicted octanol–water partition coefficient (Wildman–Crippen LogP) is 0.259. The number of rotatable bonds is 5. The molecule has 1 aliphatic heterocycles. The Labute approximate surface area is 105 Å². The smallest absolute Gasteiger partial charge is 0.237 e. The van der Waals surface area contributed by atoms with Crippen LogP contribution in [-0.2, 0) is 15.6 Å². The summed E-state index contributed by atoms with van der Waals surface area (Å²) in [5, 5.41) is 6.29. The average molecular weight is 258 g/mol. The number of fused-ring (bicyclic) bond motifs is 1. The van der Waals surface area contributed by atoms with Crippen molar-refractivity contribution in [2.45, 2.75) is 31.7 Å². The minimum atomic E-state index is -0.753.